The Kier molecular flexibility index (Phi) is 5.32. The number of benzene rings is 2. The van der Waals surface area contributed by atoms with Gasteiger partial charge in [-0.1, -0.05) is 18.2 Å². The molecule has 0 spiro atoms. The first kappa shape index (κ1) is 16.5. The van der Waals surface area contributed by atoms with Gasteiger partial charge in [-0.25, -0.2) is 0 Å². The van der Waals surface area contributed by atoms with Gasteiger partial charge in [0.05, 0.1) is 4.92 Å². The molecule has 0 saturated heterocycles. The average molecular weight is 331 g/mol. The number of thioether (sulfide) groups is 1. The molecule has 0 aromatic heterocycles. The van der Waals surface area contributed by atoms with Gasteiger partial charge in [0.25, 0.3) is 5.69 Å². The lowest BCUT2D eigenvalue weighted by Gasteiger charge is -2.07. The number of nitro groups is 1. The van der Waals surface area contributed by atoms with E-state index in [0.29, 0.717) is 5.69 Å². The van der Waals surface area contributed by atoms with E-state index < -0.39 is 16.7 Å². The molecule has 0 saturated carbocycles. The molecule has 0 unspecified atom stereocenters. The van der Waals surface area contributed by atoms with Crippen molar-refractivity contribution in [3.8, 4) is 0 Å². The van der Waals surface area contributed by atoms with Gasteiger partial charge in [0.2, 0.25) is 0 Å². The standard InChI is InChI=1S/C15H13N3O4S/c1-23-11-6-4-5-10(9-11)16-14(19)15(20)17-12-7-2-3-8-13(12)18(21)22/h2-9H,1H3,(H,16,19)(H,17,20). The monoisotopic (exact) mass is 331 g/mol. The number of nitro benzene ring substituents is 1. The highest BCUT2D eigenvalue weighted by Crippen LogP contribution is 2.23. The van der Waals surface area contributed by atoms with E-state index in [1.165, 1.54) is 36.0 Å². The molecule has 0 aliphatic carbocycles. The van der Waals surface area contributed by atoms with Gasteiger partial charge in [-0.05, 0) is 30.5 Å². The van der Waals surface area contributed by atoms with Crippen molar-refractivity contribution in [2.45, 2.75) is 4.90 Å². The van der Waals surface area contributed by atoms with Gasteiger partial charge in [-0.2, -0.15) is 0 Å². The fraction of sp³-hybridized carbons (Fsp3) is 0.0667. The fourth-order valence-electron chi connectivity index (χ4n) is 1.81. The average Bonchev–Trinajstić information content (AvgIpc) is 2.55. The Morgan fingerprint density at radius 1 is 1.04 bits per heavy atom. The van der Waals surface area contributed by atoms with Crippen LogP contribution >= 0.6 is 11.8 Å². The molecule has 0 heterocycles. The van der Waals surface area contributed by atoms with Crippen LogP contribution in [0.5, 0.6) is 0 Å². The third kappa shape index (κ3) is 4.30. The summed E-state index contributed by atoms with van der Waals surface area (Å²) in [5.74, 6) is -1.88. The number of rotatable bonds is 4. The van der Waals surface area contributed by atoms with Crippen LogP contribution in [0.4, 0.5) is 17.1 Å². The first-order valence-corrected chi connectivity index (χ1v) is 7.73. The van der Waals surface area contributed by atoms with Crippen LogP contribution in [0.15, 0.2) is 53.4 Å². The van der Waals surface area contributed by atoms with Gasteiger partial charge in [0, 0.05) is 16.6 Å². The third-order valence-electron chi connectivity index (χ3n) is 2.88. The molecule has 8 heteroatoms. The molecule has 2 aromatic carbocycles. The zero-order valence-corrected chi connectivity index (χ0v) is 12.9. The molecule has 0 atom stereocenters. The number of nitrogens with zero attached hydrogens (tertiary/aromatic N) is 1. The molecule has 0 fully saturated rings. The first-order chi connectivity index (χ1) is 11.0. The zero-order valence-electron chi connectivity index (χ0n) is 12.1. The molecule has 0 aliphatic heterocycles. The third-order valence-corrected chi connectivity index (χ3v) is 3.61. The topological polar surface area (TPSA) is 101 Å². The van der Waals surface area contributed by atoms with E-state index in [9.17, 15) is 19.7 Å². The van der Waals surface area contributed by atoms with E-state index >= 15 is 0 Å². The number of hydrogen-bond donors (Lipinski definition) is 2. The Bertz CT molecular complexity index is 764. The number of anilines is 2. The predicted molar refractivity (Wildman–Crippen MR) is 88.6 cm³/mol. The molecule has 2 amide bonds. The van der Waals surface area contributed by atoms with Crippen LogP contribution in [0.2, 0.25) is 0 Å². The van der Waals surface area contributed by atoms with Gasteiger partial charge in [0.1, 0.15) is 5.69 Å². The minimum Gasteiger partial charge on any atom is -0.318 e. The maximum absolute atomic E-state index is 11.9. The minimum absolute atomic E-state index is 0.0319. The smallest absolute Gasteiger partial charge is 0.314 e. The Morgan fingerprint density at radius 3 is 2.43 bits per heavy atom. The van der Waals surface area contributed by atoms with Gasteiger partial charge in [-0.3, -0.25) is 19.7 Å². The lowest BCUT2D eigenvalue weighted by Crippen LogP contribution is -2.29. The number of amides is 2. The van der Waals surface area contributed by atoms with E-state index in [4.69, 9.17) is 0 Å². The lowest BCUT2D eigenvalue weighted by atomic mass is 10.2. The summed E-state index contributed by atoms with van der Waals surface area (Å²) in [4.78, 5) is 35.0. The fourth-order valence-corrected chi connectivity index (χ4v) is 2.27. The van der Waals surface area contributed by atoms with Crippen LogP contribution in [-0.4, -0.2) is 23.0 Å². The van der Waals surface area contributed by atoms with Crippen LogP contribution in [0.1, 0.15) is 0 Å². The molecule has 0 radical (unpaired) electrons. The van der Waals surface area contributed by atoms with Crippen molar-refractivity contribution in [1.29, 1.82) is 0 Å². The minimum atomic E-state index is -0.978. The second-order valence-electron chi connectivity index (χ2n) is 4.41. The molecule has 23 heavy (non-hydrogen) atoms. The van der Waals surface area contributed by atoms with Crippen molar-refractivity contribution < 1.29 is 14.5 Å². The quantitative estimate of drug-likeness (QED) is 0.388. The van der Waals surface area contributed by atoms with Crippen molar-refractivity contribution in [3.63, 3.8) is 0 Å². The van der Waals surface area contributed by atoms with Gasteiger partial charge < -0.3 is 10.6 Å². The zero-order chi connectivity index (χ0) is 16.8. The second kappa shape index (κ2) is 7.41. The maximum atomic E-state index is 11.9. The van der Waals surface area contributed by atoms with Crippen LogP contribution < -0.4 is 10.6 Å². The molecule has 0 bridgehead atoms. The molecule has 7 nitrogen and oxygen atoms in total. The van der Waals surface area contributed by atoms with Crippen LogP contribution in [-0.2, 0) is 9.59 Å². The summed E-state index contributed by atoms with van der Waals surface area (Å²) in [6, 6.07) is 12.6. The maximum Gasteiger partial charge on any atom is 0.314 e. The molecule has 2 aromatic rings. The number of hydrogen-bond acceptors (Lipinski definition) is 5. The highest BCUT2D eigenvalue weighted by molar-refractivity contribution is 7.98. The van der Waals surface area contributed by atoms with E-state index in [2.05, 4.69) is 10.6 Å². The van der Waals surface area contributed by atoms with Crippen molar-refractivity contribution in [2.75, 3.05) is 16.9 Å². The van der Waals surface area contributed by atoms with E-state index in [0.717, 1.165) is 4.90 Å². The number of para-hydroxylation sites is 2. The van der Waals surface area contributed by atoms with E-state index in [1.807, 2.05) is 12.3 Å². The van der Waals surface area contributed by atoms with E-state index in [1.54, 1.807) is 18.2 Å². The largest absolute Gasteiger partial charge is 0.318 e. The second-order valence-corrected chi connectivity index (χ2v) is 5.29. The SMILES string of the molecule is CSc1cccc(NC(=O)C(=O)Nc2ccccc2[N+](=O)[O-])c1. The summed E-state index contributed by atoms with van der Waals surface area (Å²) in [5, 5.41) is 15.6. The van der Waals surface area contributed by atoms with Crippen LogP contribution in [0.3, 0.4) is 0 Å². The number of carbonyl (C=O) groups is 2. The normalized spacial score (nSPS) is 9.96. The molecular weight excluding hydrogens is 318 g/mol. The molecule has 0 aliphatic rings. The molecular formula is C15H13N3O4S. The summed E-state index contributed by atoms with van der Waals surface area (Å²) in [7, 11) is 0. The van der Waals surface area contributed by atoms with Gasteiger partial charge >= 0.3 is 11.8 Å². The number of nitrogens with one attached hydrogen (secondary N) is 2. The van der Waals surface area contributed by atoms with Gasteiger partial charge in [0.15, 0.2) is 0 Å². The summed E-state index contributed by atoms with van der Waals surface area (Å²) >= 11 is 1.50. The van der Waals surface area contributed by atoms with Crippen LogP contribution in [0, 0.1) is 10.1 Å². The Balaban J connectivity index is 2.09. The summed E-state index contributed by atoms with van der Waals surface area (Å²) < 4.78 is 0. The van der Waals surface area contributed by atoms with Gasteiger partial charge in [-0.15, -0.1) is 11.8 Å². The van der Waals surface area contributed by atoms with E-state index in [-0.39, 0.29) is 11.4 Å². The summed E-state index contributed by atoms with van der Waals surface area (Å²) in [6.45, 7) is 0. The Hall–Kier alpha value is -2.87. The van der Waals surface area contributed by atoms with Crippen LogP contribution in [0.25, 0.3) is 0 Å². The van der Waals surface area contributed by atoms with Crippen molar-refractivity contribution in [3.05, 3.63) is 58.6 Å². The predicted octanol–water partition coefficient (Wildman–Crippen LogP) is 2.89. The van der Waals surface area contributed by atoms with Crippen molar-refractivity contribution in [1.82, 2.24) is 0 Å². The highest BCUT2D eigenvalue weighted by atomic mass is 32.2. The summed E-state index contributed by atoms with van der Waals surface area (Å²) in [6.07, 6.45) is 1.89. The van der Waals surface area contributed by atoms with Crippen molar-refractivity contribution >= 4 is 40.6 Å². The summed E-state index contributed by atoms with van der Waals surface area (Å²) in [5.41, 5.74) is 0.160. The Labute approximate surface area is 136 Å². The van der Waals surface area contributed by atoms with Crippen molar-refractivity contribution in [2.24, 2.45) is 0 Å². The Morgan fingerprint density at radius 2 is 1.74 bits per heavy atom. The first-order valence-electron chi connectivity index (χ1n) is 6.51. The highest BCUT2D eigenvalue weighted by Gasteiger charge is 2.19. The molecule has 118 valence electrons. The molecule has 2 N–H and O–H groups in total. The number of carbonyl (C=O) groups excluding carboxylic acids is 2. The molecule has 2 rings (SSSR count). The lowest BCUT2D eigenvalue weighted by molar-refractivity contribution is -0.383.